The molecule has 6 heteroatoms. The second-order valence-electron chi connectivity index (χ2n) is 6.36. The smallest absolute Gasteiger partial charge is 0.243 e. The Bertz CT molecular complexity index is 890. The van der Waals surface area contributed by atoms with Gasteiger partial charge in [-0.25, -0.2) is 8.42 Å². The predicted molar refractivity (Wildman–Crippen MR) is 99.9 cm³/mol. The lowest BCUT2D eigenvalue weighted by Gasteiger charge is -2.25. The fourth-order valence-corrected chi connectivity index (χ4v) is 5.05. The van der Waals surface area contributed by atoms with Gasteiger partial charge in [-0.15, -0.1) is 0 Å². The first kappa shape index (κ1) is 18.6. The monoisotopic (exact) mass is 373 g/mol. The molecule has 0 bridgehead atoms. The average molecular weight is 373 g/mol. The van der Waals surface area contributed by atoms with Crippen LogP contribution in [-0.2, 0) is 10.0 Å². The summed E-state index contributed by atoms with van der Waals surface area (Å²) in [5, 5.41) is 0. The molecule has 2 aromatic carbocycles. The van der Waals surface area contributed by atoms with Crippen LogP contribution in [0.1, 0.15) is 48.7 Å². The maximum absolute atomic E-state index is 13.2. The van der Waals surface area contributed by atoms with Crippen LogP contribution in [0.5, 0.6) is 5.75 Å². The number of carbonyl (C=O) groups is 1. The van der Waals surface area contributed by atoms with Gasteiger partial charge in [0.25, 0.3) is 0 Å². The van der Waals surface area contributed by atoms with Gasteiger partial charge < -0.3 is 4.74 Å². The molecule has 2 aromatic rings. The standard InChI is InChI=1S/C20H23NO4S/c1-3-25-18-11-9-16(10-12-18)20-8-5-13-21(20)26(23,24)19-7-4-6-17(14-19)15(2)22/h4,6-7,9-12,14,20H,3,5,8,13H2,1-2H3/t20-/m0/s1. The molecule has 3 rings (SSSR count). The van der Waals surface area contributed by atoms with Gasteiger partial charge in [0.15, 0.2) is 5.78 Å². The highest BCUT2D eigenvalue weighted by Crippen LogP contribution is 2.37. The summed E-state index contributed by atoms with van der Waals surface area (Å²) in [6.45, 7) is 4.43. The van der Waals surface area contributed by atoms with Gasteiger partial charge in [0.2, 0.25) is 10.0 Å². The van der Waals surface area contributed by atoms with E-state index in [4.69, 9.17) is 4.74 Å². The Hall–Kier alpha value is -2.18. The van der Waals surface area contributed by atoms with Gasteiger partial charge in [-0.1, -0.05) is 24.3 Å². The van der Waals surface area contributed by atoms with Crippen molar-refractivity contribution in [2.24, 2.45) is 0 Å². The third kappa shape index (κ3) is 3.66. The fourth-order valence-electron chi connectivity index (χ4n) is 3.32. The molecule has 138 valence electrons. The summed E-state index contributed by atoms with van der Waals surface area (Å²) >= 11 is 0. The molecule has 1 aliphatic heterocycles. The van der Waals surface area contributed by atoms with E-state index in [-0.39, 0.29) is 16.7 Å². The highest BCUT2D eigenvalue weighted by Gasteiger charge is 2.36. The van der Waals surface area contributed by atoms with E-state index in [2.05, 4.69) is 0 Å². The minimum absolute atomic E-state index is 0.147. The molecule has 0 aliphatic carbocycles. The topological polar surface area (TPSA) is 63.7 Å². The zero-order valence-corrected chi connectivity index (χ0v) is 15.8. The van der Waals surface area contributed by atoms with E-state index in [1.165, 1.54) is 13.0 Å². The Labute approximate surface area is 154 Å². The Morgan fingerprint density at radius 2 is 1.92 bits per heavy atom. The van der Waals surface area contributed by atoms with Crippen LogP contribution in [0.2, 0.25) is 0 Å². The number of sulfonamides is 1. The van der Waals surface area contributed by atoms with Crippen LogP contribution >= 0.6 is 0 Å². The molecule has 1 saturated heterocycles. The largest absolute Gasteiger partial charge is 0.494 e. The van der Waals surface area contributed by atoms with Crippen LogP contribution in [0, 0.1) is 0 Å². The zero-order chi connectivity index (χ0) is 18.7. The normalized spacial score (nSPS) is 18.0. The summed E-state index contributed by atoms with van der Waals surface area (Å²) in [6.07, 6.45) is 1.59. The van der Waals surface area contributed by atoms with E-state index in [0.717, 1.165) is 24.2 Å². The van der Waals surface area contributed by atoms with Gasteiger partial charge in [-0.3, -0.25) is 4.79 Å². The first-order valence-corrected chi connectivity index (χ1v) is 10.2. The SMILES string of the molecule is CCOc1ccc([C@@H]2CCCN2S(=O)(=O)c2cccc(C(C)=O)c2)cc1. The van der Waals surface area contributed by atoms with Crippen molar-refractivity contribution in [1.29, 1.82) is 0 Å². The first-order valence-electron chi connectivity index (χ1n) is 8.79. The number of rotatable bonds is 6. The number of hydrogen-bond acceptors (Lipinski definition) is 4. The molecule has 1 atom stereocenters. The van der Waals surface area contributed by atoms with E-state index in [1.807, 2.05) is 31.2 Å². The van der Waals surface area contributed by atoms with Gasteiger partial charge in [0.1, 0.15) is 5.75 Å². The predicted octanol–water partition coefficient (Wildman–Crippen LogP) is 3.81. The molecule has 1 aliphatic rings. The minimum atomic E-state index is -3.66. The third-order valence-corrected chi connectivity index (χ3v) is 6.53. The van der Waals surface area contributed by atoms with E-state index < -0.39 is 10.0 Å². The molecule has 1 fully saturated rings. The van der Waals surface area contributed by atoms with Crippen molar-refractivity contribution in [3.8, 4) is 5.75 Å². The Kier molecular flexibility index (Phi) is 5.44. The number of carbonyl (C=O) groups excluding carboxylic acids is 1. The maximum Gasteiger partial charge on any atom is 0.243 e. The lowest BCUT2D eigenvalue weighted by Crippen LogP contribution is -2.30. The molecule has 5 nitrogen and oxygen atoms in total. The minimum Gasteiger partial charge on any atom is -0.494 e. The number of Topliss-reactive ketones (excluding diaryl/α,β-unsaturated/α-hetero) is 1. The van der Waals surface area contributed by atoms with Gasteiger partial charge in [0.05, 0.1) is 17.5 Å². The molecular formula is C20H23NO4S. The average Bonchev–Trinajstić information content (AvgIpc) is 3.13. The molecule has 0 unspecified atom stereocenters. The molecule has 0 amide bonds. The van der Waals surface area contributed by atoms with Crippen LogP contribution in [0.3, 0.4) is 0 Å². The van der Waals surface area contributed by atoms with Crippen molar-refractivity contribution in [2.75, 3.05) is 13.2 Å². The summed E-state index contributed by atoms with van der Waals surface area (Å²) < 4.78 is 33.3. The first-order chi connectivity index (χ1) is 12.4. The summed E-state index contributed by atoms with van der Waals surface area (Å²) in [7, 11) is -3.66. The van der Waals surface area contributed by atoms with Crippen molar-refractivity contribution in [3.63, 3.8) is 0 Å². The third-order valence-electron chi connectivity index (χ3n) is 4.63. The van der Waals surface area contributed by atoms with Crippen LogP contribution < -0.4 is 4.74 Å². The molecule has 1 heterocycles. The Morgan fingerprint density at radius 3 is 2.58 bits per heavy atom. The number of benzene rings is 2. The fraction of sp³-hybridized carbons (Fsp3) is 0.350. The van der Waals surface area contributed by atoms with Crippen LogP contribution in [0.15, 0.2) is 53.4 Å². The second kappa shape index (κ2) is 7.60. The lowest BCUT2D eigenvalue weighted by atomic mass is 10.1. The highest BCUT2D eigenvalue weighted by molar-refractivity contribution is 7.89. The van der Waals surface area contributed by atoms with Crippen molar-refractivity contribution in [2.45, 2.75) is 37.6 Å². The lowest BCUT2D eigenvalue weighted by molar-refractivity contribution is 0.101. The quantitative estimate of drug-likeness (QED) is 0.722. The van der Waals surface area contributed by atoms with Crippen molar-refractivity contribution >= 4 is 15.8 Å². The molecular weight excluding hydrogens is 350 g/mol. The van der Waals surface area contributed by atoms with E-state index in [1.54, 1.807) is 22.5 Å². The van der Waals surface area contributed by atoms with Gasteiger partial charge in [-0.2, -0.15) is 4.31 Å². The Morgan fingerprint density at radius 1 is 1.19 bits per heavy atom. The number of ether oxygens (including phenoxy) is 1. The van der Waals surface area contributed by atoms with Gasteiger partial charge >= 0.3 is 0 Å². The zero-order valence-electron chi connectivity index (χ0n) is 15.0. The van der Waals surface area contributed by atoms with Crippen molar-refractivity contribution < 1.29 is 17.9 Å². The summed E-state index contributed by atoms with van der Waals surface area (Å²) in [4.78, 5) is 11.8. The molecule has 26 heavy (non-hydrogen) atoms. The number of hydrogen-bond donors (Lipinski definition) is 0. The van der Waals surface area contributed by atoms with Crippen molar-refractivity contribution in [3.05, 3.63) is 59.7 Å². The van der Waals surface area contributed by atoms with Crippen LogP contribution in [0.4, 0.5) is 0 Å². The molecule has 0 N–H and O–H groups in total. The van der Waals surface area contributed by atoms with Crippen LogP contribution in [-0.4, -0.2) is 31.7 Å². The van der Waals surface area contributed by atoms with Crippen molar-refractivity contribution in [1.82, 2.24) is 4.31 Å². The maximum atomic E-state index is 13.2. The van der Waals surface area contributed by atoms with Crippen LogP contribution in [0.25, 0.3) is 0 Å². The molecule has 0 aromatic heterocycles. The summed E-state index contributed by atoms with van der Waals surface area (Å²) in [5.74, 6) is 0.629. The Balaban J connectivity index is 1.91. The van der Waals surface area contributed by atoms with E-state index in [9.17, 15) is 13.2 Å². The highest BCUT2D eigenvalue weighted by atomic mass is 32.2. The molecule has 0 spiro atoms. The summed E-state index contributed by atoms with van der Waals surface area (Å²) in [6, 6.07) is 13.7. The molecule has 0 radical (unpaired) electrons. The number of nitrogens with zero attached hydrogens (tertiary/aromatic N) is 1. The summed E-state index contributed by atoms with van der Waals surface area (Å²) in [5.41, 5.74) is 1.36. The number of ketones is 1. The van der Waals surface area contributed by atoms with Gasteiger partial charge in [-0.05, 0) is 56.5 Å². The van der Waals surface area contributed by atoms with Gasteiger partial charge in [0, 0.05) is 12.1 Å². The van der Waals surface area contributed by atoms with E-state index >= 15 is 0 Å². The second-order valence-corrected chi connectivity index (χ2v) is 8.25. The van der Waals surface area contributed by atoms with E-state index in [0.29, 0.717) is 18.7 Å². The molecule has 0 saturated carbocycles.